The van der Waals surface area contributed by atoms with Gasteiger partial charge in [-0.05, 0) is 42.3 Å². The maximum Gasteiger partial charge on any atom is 0.259 e. The van der Waals surface area contributed by atoms with E-state index in [0.29, 0.717) is 35.0 Å². The van der Waals surface area contributed by atoms with Crippen LogP contribution >= 0.6 is 0 Å². The number of carbonyl (C=O) groups is 1. The highest BCUT2D eigenvalue weighted by Crippen LogP contribution is 2.29. The average molecular weight is 428 g/mol. The van der Waals surface area contributed by atoms with Crippen molar-refractivity contribution in [3.05, 3.63) is 95.7 Å². The van der Waals surface area contributed by atoms with Gasteiger partial charge in [0.05, 0.1) is 32.0 Å². The van der Waals surface area contributed by atoms with Gasteiger partial charge in [0.15, 0.2) is 0 Å². The van der Waals surface area contributed by atoms with E-state index in [1.165, 1.54) is 0 Å². The minimum Gasteiger partial charge on any atom is -0.497 e. The number of rotatable bonds is 7. The monoisotopic (exact) mass is 427 g/mol. The van der Waals surface area contributed by atoms with E-state index in [4.69, 9.17) is 14.6 Å². The van der Waals surface area contributed by atoms with E-state index in [-0.39, 0.29) is 5.91 Å². The number of hydrogen-bond acceptors (Lipinski definition) is 4. The lowest BCUT2D eigenvalue weighted by atomic mass is 10.1. The number of benzene rings is 3. The molecule has 4 rings (SSSR count). The summed E-state index contributed by atoms with van der Waals surface area (Å²) in [7, 11) is 3.20. The quantitative estimate of drug-likeness (QED) is 0.442. The zero-order chi connectivity index (χ0) is 22.5. The molecule has 0 aliphatic carbocycles. The van der Waals surface area contributed by atoms with Gasteiger partial charge >= 0.3 is 0 Å². The molecule has 1 N–H and O–H groups in total. The summed E-state index contributed by atoms with van der Waals surface area (Å²) in [5.74, 6) is 1.04. The molecule has 1 aromatic heterocycles. The maximum atomic E-state index is 13.4. The van der Waals surface area contributed by atoms with Crippen LogP contribution < -0.4 is 14.8 Å². The first-order chi connectivity index (χ1) is 15.6. The molecule has 4 aromatic rings. The molecule has 1 amide bonds. The van der Waals surface area contributed by atoms with E-state index in [2.05, 4.69) is 5.32 Å². The molecular formula is C26H25N3O3. The molecule has 3 aromatic carbocycles. The van der Waals surface area contributed by atoms with Crippen molar-refractivity contribution in [2.24, 2.45) is 0 Å². The van der Waals surface area contributed by atoms with Crippen molar-refractivity contribution in [2.45, 2.75) is 13.5 Å². The van der Waals surface area contributed by atoms with E-state index >= 15 is 0 Å². The first-order valence-corrected chi connectivity index (χ1v) is 10.3. The van der Waals surface area contributed by atoms with Gasteiger partial charge in [0, 0.05) is 11.8 Å². The minimum atomic E-state index is -0.258. The van der Waals surface area contributed by atoms with Gasteiger partial charge < -0.3 is 14.8 Å². The van der Waals surface area contributed by atoms with E-state index < -0.39 is 0 Å². The van der Waals surface area contributed by atoms with Gasteiger partial charge in [-0.25, -0.2) is 0 Å². The van der Waals surface area contributed by atoms with Crippen LogP contribution in [0.5, 0.6) is 11.5 Å². The van der Waals surface area contributed by atoms with Crippen LogP contribution in [0.2, 0.25) is 0 Å². The summed E-state index contributed by atoms with van der Waals surface area (Å²) < 4.78 is 12.6. The van der Waals surface area contributed by atoms with Gasteiger partial charge in [0.2, 0.25) is 0 Å². The zero-order valence-electron chi connectivity index (χ0n) is 18.3. The molecule has 0 bridgehead atoms. The fourth-order valence-electron chi connectivity index (χ4n) is 3.53. The lowest BCUT2D eigenvalue weighted by Crippen LogP contribution is -2.13. The van der Waals surface area contributed by atoms with E-state index in [9.17, 15) is 4.79 Å². The standard InChI is InChI=1S/C26H25N3O3/c1-18-12-13-24(32-3)23(14-18)27-26(30)22-17-29(16-19-8-5-4-6-9-19)28-25(22)20-10-7-11-21(15-20)31-2/h4-15,17H,16H2,1-3H3,(H,27,30). The van der Waals surface area contributed by atoms with Crippen LogP contribution in [-0.4, -0.2) is 29.9 Å². The van der Waals surface area contributed by atoms with Gasteiger partial charge in [0.1, 0.15) is 17.2 Å². The number of aryl methyl sites for hydroxylation is 1. The van der Waals surface area contributed by atoms with Crippen LogP contribution in [0.25, 0.3) is 11.3 Å². The van der Waals surface area contributed by atoms with Crippen molar-refractivity contribution in [1.29, 1.82) is 0 Å². The number of nitrogens with zero attached hydrogens (tertiary/aromatic N) is 2. The van der Waals surface area contributed by atoms with Gasteiger partial charge in [-0.2, -0.15) is 5.10 Å². The molecule has 0 atom stereocenters. The summed E-state index contributed by atoms with van der Waals surface area (Å²) in [6, 6.07) is 23.2. The van der Waals surface area contributed by atoms with Crippen molar-refractivity contribution in [3.63, 3.8) is 0 Å². The molecular weight excluding hydrogens is 402 g/mol. The summed E-state index contributed by atoms with van der Waals surface area (Å²) in [4.78, 5) is 13.4. The third-order valence-electron chi connectivity index (χ3n) is 5.14. The van der Waals surface area contributed by atoms with Crippen LogP contribution in [0.15, 0.2) is 79.0 Å². The first kappa shape index (κ1) is 21.2. The zero-order valence-corrected chi connectivity index (χ0v) is 18.3. The average Bonchev–Trinajstić information content (AvgIpc) is 3.24. The molecule has 6 heteroatoms. The summed E-state index contributed by atoms with van der Waals surface area (Å²) in [5, 5.41) is 7.73. The van der Waals surface area contributed by atoms with Crippen molar-refractivity contribution < 1.29 is 14.3 Å². The molecule has 0 unspecified atom stereocenters. The lowest BCUT2D eigenvalue weighted by Gasteiger charge is -2.11. The molecule has 0 saturated heterocycles. The molecule has 1 heterocycles. The Morgan fingerprint density at radius 1 is 0.969 bits per heavy atom. The summed E-state index contributed by atoms with van der Waals surface area (Å²) >= 11 is 0. The van der Waals surface area contributed by atoms with Crippen molar-refractivity contribution in [3.8, 4) is 22.8 Å². The Kier molecular flexibility index (Phi) is 6.22. The van der Waals surface area contributed by atoms with Crippen LogP contribution in [0.1, 0.15) is 21.5 Å². The topological polar surface area (TPSA) is 65.4 Å². The second-order valence-electron chi connectivity index (χ2n) is 7.46. The largest absolute Gasteiger partial charge is 0.497 e. The van der Waals surface area contributed by atoms with Gasteiger partial charge in [-0.1, -0.05) is 48.5 Å². The normalized spacial score (nSPS) is 10.6. The molecule has 0 radical (unpaired) electrons. The molecule has 0 aliphatic rings. The molecule has 0 aliphatic heterocycles. The molecule has 0 saturated carbocycles. The van der Waals surface area contributed by atoms with Gasteiger partial charge in [-0.15, -0.1) is 0 Å². The van der Waals surface area contributed by atoms with Gasteiger partial charge in [0.25, 0.3) is 5.91 Å². The summed E-state index contributed by atoms with van der Waals surface area (Å²) in [6.07, 6.45) is 1.78. The van der Waals surface area contributed by atoms with Crippen LogP contribution in [0.3, 0.4) is 0 Å². The second kappa shape index (κ2) is 9.39. The highest BCUT2D eigenvalue weighted by molar-refractivity contribution is 6.08. The van der Waals surface area contributed by atoms with Crippen LogP contribution in [0, 0.1) is 6.92 Å². The highest BCUT2D eigenvalue weighted by atomic mass is 16.5. The molecule has 0 spiro atoms. The summed E-state index contributed by atoms with van der Waals surface area (Å²) in [6.45, 7) is 2.52. The molecule has 162 valence electrons. The van der Waals surface area contributed by atoms with E-state index in [0.717, 1.165) is 16.7 Å². The maximum absolute atomic E-state index is 13.4. The predicted octanol–water partition coefficient (Wildman–Crippen LogP) is 5.18. The smallest absolute Gasteiger partial charge is 0.259 e. The number of anilines is 1. The SMILES string of the molecule is COc1cccc(-c2nn(Cc3ccccc3)cc2C(=O)Nc2cc(C)ccc2OC)c1. The summed E-state index contributed by atoms with van der Waals surface area (Å²) in [5.41, 5.74) is 4.59. The highest BCUT2D eigenvalue weighted by Gasteiger charge is 2.20. The number of aromatic nitrogens is 2. The number of nitrogens with one attached hydrogen (secondary N) is 1. The second-order valence-corrected chi connectivity index (χ2v) is 7.46. The van der Waals surface area contributed by atoms with Crippen molar-refractivity contribution in [1.82, 2.24) is 9.78 Å². The number of ether oxygens (including phenoxy) is 2. The Hall–Kier alpha value is -4.06. The number of amides is 1. The fraction of sp³-hybridized carbons (Fsp3) is 0.154. The number of carbonyl (C=O) groups excluding carboxylic acids is 1. The fourth-order valence-corrected chi connectivity index (χ4v) is 3.53. The Morgan fingerprint density at radius 3 is 2.53 bits per heavy atom. The van der Waals surface area contributed by atoms with Gasteiger partial charge in [-0.3, -0.25) is 9.48 Å². The van der Waals surface area contributed by atoms with Crippen LogP contribution in [-0.2, 0) is 6.54 Å². The predicted molar refractivity (Wildman–Crippen MR) is 125 cm³/mol. The third-order valence-corrected chi connectivity index (χ3v) is 5.14. The molecule has 6 nitrogen and oxygen atoms in total. The Balaban J connectivity index is 1.73. The first-order valence-electron chi connectivity index (χ1n) is 10.3. The van der Waals surface area contributed by atoms with Crippen molar-refractivity contribution >= 4 is 11.6 Å². The minimum absolute atomic E-state index is 0.258. The Bertz CT molecular complexity index is 1230. The van der Waals surface area contributed by atoms with E-state index in [1.807, 2.05) is 79.7 Å². The molecule has 0 fully saturated rings. The number of hydrogen-bond donors (Lipinski definition) is 1. The van der Waals surface area contributed by atoms with E-state index in [1.54, 1.807) is 25.1 Å². The number of methoxy groups -OCH3 is 2. The third kappa shape index (κ3) is 4.64. The lowest BCUT2D eigenvalue weighted by molar-refractivity contribution is 0.102. The van der Waals surface area contributed by atoms with Crippen LogP contribution in [0.4, 0.5) is 5.69 Å². The van der Waals surface area contributed by atoms with Crippen molar-refractivity contribution in [2.75, 3.05) is 19.5 Å². The Labute approximate surface area is 187 Å². The molecule has 32 heavy (non-hydrogen) atoms. The Morgan fingerprint density at radius 2 is 1.78 bits per heavy atom.